The van der Waals surface area contributed by atoms with Crippen molar-refractivity contribution >= 4 is 0 Å². The quantitative estimate of drug-likeness (QED) is 0.605. The van der Waals surface area contributed by atoms with Crippen molar-refractivity contribution in [3.63, 3.8) is 0 Å². The van der Waals surface area contributed by atoms with Crippen molar-refractivity contribution < 1.29 is 9.13 Å². The van der Waals surface area contributed by atoms with Gasteiger partial charge < -0.3 is 4.74 Å². The lowest BCUT2D eigenvalue weighted by molar-refractivity contribution is 0.114. The molecule has 0 radical (unpaired) electrons. The number of para-hydroxylation sites is 1. The van der Waals surface area contributed by atoms with Crippen LogP contribution in [0.2, 0.25) is 0 Å². The largest absolute Gasteiger partial charge is 0.457 e. The molecule has 0 N–H and O–H groups in total. The van der Waals surface area contributed by atoms with Crippen molar-refractivity contribution in [3.05, 3.63) is 43.0 Å². The van der Waals surface area contributed by atoms with Crippen LogP contribution in [0.4, 0.5) is 4.39 Å². The van der Waals surface area contributed by atoms with E-state index in [1.165, 1.54) is 0 Å². The van der Waals surface area contributed by atoms with Crippen LogP contribution in [-0.4, -0.2) is 6.36 Å². The lowest BCUT2D eigenvalue weighted by Crippen LogP contribution is -2.04. The van der Waals surface area contributed by atoms with Gasteiger partial charge in [0.25, 0.3) is 6.36 Å². The molecule has 1 unspecified atom stereocenters. The molecule has 0 amide bonds. The molecular weight excluding hydrogens is 143 g/mol. The van der Waals surface area contributed by atoms with Gasteiger partial charge in [0.1, 0.15) is 5.75 Å². The van der Waals surface area contributed by atoms with Gasteiger partial charge in [0, 0.05) is 0 Å². The van der Waals surface area contributed by atoms with Gasteiger partial charge in [-0.2, -0.15) is 4.39 Å². The molecule has 1 rings (SSSR count). The number of benzene rings is 1. The standard InChI is InChI=1S/C9H9FO/c1-2-9(10)11-8-6-4-3-5-7-8/h2-7,9H,1H2. The third kappa shape index (κ3) is 2.42. The number of hydrogen-bond donors (Lipinski definition) is 0. The molecule has 1 atom stereocenters. The predicted octanol–water partition coefficient (Wildman–Crippen LogP) is 2.55. The van der Waals surface area contributed by atoms with Gasteiger partial charge in [0.2, 0.25) is 0 Å². The minimum atomic E-state index is -1.42. The highest BCUT2D eigenvalue weighted by Gasteiger charge is 1.99. The Morgan fingerprint density at radius 1 is 1.36 bits per heavy atom. The predicted molar refractivity (Wildman–Crippen MR) is 42.2 cm³/mol. The summed E-state index contributed by atoms with van der Waals surface area (Å²) in [5.41, 5.74) is 0. The van der Waals surface area contributed by atoms with Gasteiger partial charge in [-0.05, 0) is 18.2 Å². The Hall–Kier alpha value is -1.31. The summed E-state index contributed by atoms with van der Waals surface area (Å²) in [6.07, 6.45) is -0.315. The first-order valence-corrected chi connectivity index (χ1v) is 3.31. The highest BCUT2D eigenvalue weighted by Crippen LogP contribution is 2.11. The number of rotatable bonds is 3. The lowest BCUT2D eigenvalue weighted by atomic mass is 10.3. The first-order valence-electron chi connectivity index (χ1n) is 3.31. The van der Waals surface area contributed by atoms with E-state index in [4.69, 9.17) is 4.74 Å². The number of alkyl halides is 1. The minimum Gasteiger partial charge on any atom is -0.457 e. The first kappa shape index (κ1) is 7.79. The Morgan fingerprint density at radius 2 is 2.00 bits per heavy atom. The average molecular weight is 152 g/mol. The summed E-state index contributed by atoms with van der Waals surface area (Å²) in [6, 6.07) is 8.79. The van der Waals surface area contributed by atoms with Crippen LogP contribution in [0.25, 0.3) is 0 Å². The second-order valence-electron chi connectivity index (χ2n) is 2.02. The number of hydrogen-bond acceptors (Lipinski definition) is 1. The van der Waals surface area contributed by atoms with Crippen LogP contribution in [0.5, 0.6) is 5.75 Å². The van der Waals surface area contributed by atoms with Crippen LogP contribution >= 0.6 is 0 Å². The Morgan fingerprint density at radius 3 is 2.55 bits per heavy atom. The summed E-state index contributed by atoms with van der Waals surface area (Å²) in [5, 5.41) is 0. The van der Waals surface area contributed by atoms with Crippen molar-refractivity contribution in [1.29, 1.82) is 0 Å². The molecule has 11 heavy (non-hydrogen) atoms. The second kappa shape index (κ2) is 3.76. The zero-order chi connectivity index (χ0) is 8.10. The van der Waals surface area contributed by atoms with E-state index in [2.05, 4.69) is 6.58 Å². The molecule has 0 saturated carbocycles. The zero-order valence-electron chi connectivity index (χ0n) is 6.03. The summed E-state index contributed by atoms with van der Waals surface area (Å²) in [6.45, 7) is 3.26. The Labute approximate surface area is 65.1 Å². The third-order valence-corrected chi connectivity index (χ3v) is 1.18. The van der Waals surface area contributed by atoms with Gasteiger partial charge in [0.05, 0.1) is 0 Å². The van der Waals surface area contributed by atoms with Crippen LogP contribution in [0.15, 0.2) is 43.0 Å². The average Bonchev–Trinajstić information content (AvgIpc) is 2.06. The molecule has 0 bridgehead atoms. The van der Waals surface area contributed by atoms with Crippen LogP contribution in [0.3, 0.4) is 0 Å². The third-order valence-electron chi connectivity index (χ3n) is 1.18. The van der Waals surface area contributed by atoms with Gasteiger partial charge in [-0.15, -0.1) is 0 Å². The fourth-order valence-corrected chi connectivity index (χ4v) is 0.677. The van der Waals surface area contributed by atoms with Gasteiger partial charge in [0.15, 0.2) is 0 Å². The van der Waals surface area contributed by atoms with E-state index >= 15 is 0 Å². The molecule has 0 heterocycles. The normalized spacial score (nSPS) is 12.1. The number of ether oxygens (including phenoxy) is 1. The van der Waals surface area contributed by atoms with E-state index < -0.39 is 6.36 Å². The maximum Gasteiger partial charge on any atom is 0.257 e. The van der Waals surface area contributed by atoms with Crippen molar-refractivity contribution in [2.24, 2.45) is 0 Å². The molecule has 0 fully saturated rings. The van der Waals surface area contributed by atoms with Crippen LogP contribution in [-0.2, 0) is 0 Å². The molecule has 1 nitrogen and oxygen atoms in total. The molecule has 0 saturated heterocycles. The van der Waals surface area contributed by atoms with E-state index in [1.54, 1.807) is 24.3 Å². The smallest absolute Gasteiger partial charge is 0.257 e. The molecular formula is C9H9FO. The zero-order valence-corrected chi connectivity index (χ0v) is 6.03. The van der Waals surface area contributed by atoms with Crippen LogP contribution in [0, 0.1) is 0 Å². The molecule has 2 heteroatoms. The maximum atomic E-state index is 12.5. The fraction of sp³-hybridized carbons (Fsp3) is 0.111. The molecule has 58 valence electrons. The van der Waals surface area contributed by atoms with Crippen LogP contribution < -0.4 is 4.74 Å². The summed E-state index contributed by atoms with van der Waals surface area (Å²) >= 11 is 0. The molecule has 0 aromatic heterocycles. The first-order chi connectivity index (χ1) is 5.33. The van der Waals surface area contributed by atoms with Gasteiger partial charge >= 0.3 is 0 Å². The topological polar surface area (TPSA) is 9.23 Å². The monoisotopic (exact) mass is 152 g/mol. The number of halogens is 1. The van der Waals surface area contributed by atoms with E-state index in [9.17, 15) is 4.39 Å². The summed E-state index contributed by atoms with van der Waals surface area (Å²) in [4.78, 5) is 0. The van der Waals surface area contributed by atoms with E-state index in [-0.39, 0.29) is 0 Å². The molecule has 1 aromatic rings. The molecule has 0 spiro atoms. The van der Waals surface area contributed by atoms with Crippen molar-refractivity contribution in [2.45, 2.75) is 6.36 Å². The molecule has 1 aromatic carbocycles. The SMILES string of the molecule is C=CC(F)Oc1ccccc1. The van der Waals surface area contributed by atoms with Crippen LogP contribution in [0.1, 0.15) is 0 Å². The Kier molecular flexibility index (Phi) is 2.66. The van der Waals surface area contributed by atoms with E-state index in [0.717, 1.165) is 6.08 Å². The van der Waals surface area contributed by atoms with E-state index in [0.29, 0.717) is 5.75 Å². The minimum absolute atomic E-state index is 0.514. The Balaban J connectivity index is 2.57. The van der Waals surface area contributed by atoms with Crippen molar-refractivity contribution in [2.75, 3.05) is 0 Å². The van der Waals surface area contributed by atoms with Crippen molar-refractivity contribution in [3.8, 4) is 5.75 Å². The summed E-state index contributed by atoms with van der Waals surface area (Å²) < 4.78 is 17.3. The van der Waals surface area contributed by atoms with Gasteiger partial charge in [-0.1, -0.05) is 24.8 Å². The second-order valence-corrected chi connectivity index (χ2v) is 2.02. The summed E-state index contributed by atoms with van der Waals surface area (Å²) in [7, 11) is 0. The highest BCUT2D eigenvalue weighted by molar-refractivity contribution is 5.21. The van der Waals surface area contributed by atoms with E-state index in [1.807, 2.05) is 6.07 Å². The molecule has 0 aliphatic carbocycles. The van der Waals surface area contributed by atoms with Crippen molar-refractivity contribution in [1.82, 2.24) is 0 Å². The van der Waals surface area contributed by atoms with Gasteiger partial charge in [-0.25, -0.2) is 0 Å². The highest BCUT2D eigenvalue weighted by atomic mass is 19.1. The van der Waals surface area contributed by atoms with Gasteiger partial charge in [-0.3, -0.25) is 0 Å². The molecule has 0 aliphatic heterocycles. The summed E-state index contributed by atoms with van der Waals surface area (Å²) in [5.74, 6) is 0.514. The Bertz CT molecular complexity index is 220. The lowest BCUT2D eigenvalue weighted by Gasteiger charge is -2.05. The maximum absolute atomic E-state index is 12.5. The molecule has 0 aliphatic rings. The fourth-order valence-electron chi connectivity index (χ4n) is 0.677.